The number of carboxylic acid groups (broad SMARTS) is 1. The van der Waals surface area contributed by atoms with E-state index in [0.29, 0.717) is 18.6 Å². The first kappa shape index (κ1) is 10.6. The van der Waals surface area contributed by atoms with Crippen LogP contribution in [0.2, 0.25) is 0 Å². The lowest BCUT2D eigenvalue weighted by Crippen LogP contribution is -2.33. The minimum Gasteiger partial charge on any atom is -0.501 e. The molecular formula is C9H13NO4. The molecule has 1 heterocycles. The summed E-state index contributed by atoms with van der Waals surface area (Å²) >= 11 is 0. The molecule has 0 unspecified atom stereocenters. The summed E-state index contributed by atoms with van der Waals surface area (Å²) in [5, 5.41) is 8.49. The number of carboxylic acids is 1. The van der Waals surface area contributed by atoms with Gasteiger partial charge in [0.15, 0.2) is 0 Å². The largest absolute Gasteiger partial charge is 0.501 e. The summed E-state index contributed by atoms with van der Waals surface area (Å²) in [5.74, 6) is -1.29. The third-order valence-electron chi connectivity index (χ3n) is 1.93. The highest BCUT2D eigenvalue weighted by atomic mass is 16.5. The van der Waals surface area contributed by atoms with E-state index in [0.717, 1.165) is 6.42 Å². The molecule has 78 valence electrons. The molecule has 0 fully saturated rings. The van der Waals surface area contributed by atoms with E-state index in [-0.39, 0.29) is 12.5 Å². The molecule has 0 radical (unpaired) electrons. The SMILES string of the molecule is CN(CC(=O)O)C(=O)C1=COCCC1. The van der Waals surface area contributed by atoms with Gasteiger partial charge in [-0.05, 0) is 12.8 Å². The third kappa shape index (κ3) is 2.76. The van der Waals surface area contributed by atoms with Crippen LogP contribution in [0.25, 0.3) is 0 Å². The molecule has 1 aliphatic heterocycles. The summed E-state index contributed by atoms with van der Waals surface area (Å²) in [7, 11) is 1.46. The molecule has 14 heavy (non-hydrogen) atoms. The van der Waals surface area contributed by atoms with Crippen molar-refractivity contribution in [1.82, 2.24) is 4.90 Å². The minimum absolute atomic E-state index is 0.271. The van der Waals surface area contributed by atoms with Crippen LogP contribution >= 0.6 is 0 Å². The lowest BCUT2D eigenvalue weighted by atomic mass is 10.1. The van der Waals surface area contributed by atoms with E-state index in [1.807, 2.05) is 0 Å². The predicted octanol–water partition coefficient (Wildman–Crippen LogP) is 0.224. The van der Waals surface area contributed by atoms with E-state index in [9.17, 15) is 9.59 Å². The van der Waals surface area contributed by atoms with Gasteiger partial charge < -0.3 is 14.7 Å². The van der Waals surface area contributed by atoms with Gasteiger partial charge in [0.2, 0.25) is 0 Å². The van der Waals surface area contributed by atoms with Crippen LogP contribution < -0.4 is 0 Å². The number of hydrogen-bond acceptors (Lipinski definition) is 3. The number of likely N-dealkylation sites (N-methyl/N-ethyl adjacent to an activating group) is 1. The second kappa shape index (κ2) is 4.64. The van der Waals surface area contributed by atoms with Gasteiger partial charge in [0.1, 0.15) is 6.54 Å². The van der Waals surface area contributed by atoms with Crippen molar-refractivity contribution in [2.45, 2.75) is 12.8 Å². The van der Waals surface area contributed by atoms with Gasteiger partial charge in [0, 0.05) is 7.05 Å². The van der Waals surface area contributed by atoms with Crippen molar-refractivity contribution in [2.24, 2.45) is 0 Å². The first-order valence-corrected chi connectivity index (χ1v) is 4.39. The molecular weight excluding hydrogens is 186 g/mol. The molecule has 1 rings (SSSR count). The number of carbonyl (C=O) groups excluding carboxylic acids is 1. The zero-order valence-corrected chi connectivity index (χ0v) is 8.02. The van der Waals surface area contributed by atoms with E-state index in [4.69, 9.17) is 9.84 Å². The first-order chi connectivity index (χ1) is 6.61. The number of rotatable bonds is 3. The first-order valence-electron chi connectivity index (χ1n) is 4.39. The Bertz CT molecular complexity index is 272. The van der Waals surface area contributed by atoms with Crippen LogP contribution in [0.3, 0.4) is 0 Å². The van der Waals surface area contributed by atoms with E-state index in [1.165, 1.54) is 18.2 Å². The van der Waals surface area contributed by atoms with Crippen LogP contribution in [0.5, 0.6) is 0 Å². The quantitative estimate of drug-likeness (QED) is 0.706. The van der Waals surface area contributed by atoms with Gasteiger partial charge in [-0.25, -0.2) is 0 Å². The number of aliphatic carboxylic acids is 1. The fourth-order valence-corrected chi connectivity index (χ4v) is 1.24. The van der Waals surface area contributed by atoms with Crippen LogP contribution in [0.1, 0.15) is 12.8 Å². The fourth-order valence-electron chi connectivity index (χ4n) is 1.24. The maximum atomic E-state index is 11.5. The van der Waals surface area contributed by atoms with Crippen molar-refractivity contribution >= 4 is 11.9 Å². The molecule has 5 heteroatoms. The Morgan fingerprint density at radius 1 is 1.64 bits per heavy atom. The van der Waals surface area contributed by atoms with Gasteiger partial charge in [0.25, 0.3) is 5.91 Å². The van der Waals surface area contributed by atoms with Crippen LogP contribution in [0.15, 0.2) is 11.8 Å². The molecule has 5 nitrogen and oxygen atoms in total. The summed E-state index contributed by atoms with van der Waals surface area (Å²) in [4.78, 5) is 23.1. The van der Waals surface area contributed by atoms with E-state index in [1.54, 1.807) is 0 Å². The van der Waals surface area contributed by atoms with Gasteiger partial charge in [-0.2, -0.15) is 0 Å². The normalized spacial score (nSPS) is 15.4. The van der Waals surface area contributed by atoms with Crippen molar-refractivity contribution in [2.75, 3.05) is 20.2 Å². The Kier molecular flexibility index (Phi) is 3.50. The standard InChI is InChI=1S/C9H13NO4/c1-10(5-8(11)12)9(13)7-3-2-4-14-6-7/h6H,2-5H2,1H3,(H,11,12). The molecule has 0 saturated carbocycles. The van der Waals surface area contributed by atoms with Gasteiger partial charge in [-0.3, -0.25) is 9.59 Å². The third-order valence-corrected chi connectivity index (χ3v) is 1.93. The highest BCUT2D eigenvalue weighted by molar-refractivity contribution is 5.94. The Balaban J connectivity index is 2.55. The van der Waals surface area contributed by atoms with Crippen molar-refractivity contribution < 1.29 is 19.4 Å². The maximum absolute atomic E-state index is 11.5. The topological polar surface area (TPSA) is 66.8 Å². The fraction of sp³-hybridized carbons (Fsp3) is 0.556. The van der Waals surface area contributed by atoms with E-state index >= 15 is 0 Å². The monoisotopic (exact) mass is 199 g/mol. The average Bonchev–Trinajstić information content (AvgIpc) is 2.17. The molecule has 0 aromatic rings. The molecule has 0 saturated heterocycles. The zero-order chi connectivity index (χ0) is 10.6. The van der Waals surface area contributed by atoms with Gasteiger partial charge in [-0.15, -0.1) is 0 Å². The second-order valence-corrected chi connectivity index (χ2v) is 3.17. The Morgan fingerprint density at radius 3 is 2.86 bits per heavy atom. The zero-order valence-electron chi connectivity index (χ0n) is 8.02. The van der Waals surface area contributed by atoms with Crippen molar-refractivity contribution in [3.63, 3.8) is 0 Å². The average molecular weight is 199 g/mol. The van der Waals surface area contributed by atoms with Gasteiger partial charge in [0.05, 0.1) is 18.4 Å². The van der Waals surface area contributed by atoms with Crippen molar-refractivity contribution in [1.29, 1.82) is 0 Å². The minimum atomic E-state index is -1.02. The number of carbonyl (C=O) groups is 2. The predicted molar refractivity (Wildman–Crippen MR) is 48.5 cm³/mol. The van der Waals surface area contributed by atoms with Crippen molar-refractivity contribution in [3.05, 3.63) is 11.8 Å². The number of amides is 1. The molecule has 0 aliphatic carbocycles. The number of hydrogen-bond donors (Lipinski definition) is 1. The Labute approximate surface area is 82.0 Å². The van der Waals surface area contributed by atoms with Crippen LogP contribution in [0, 0.1) is 0 Å². The summed E-state index contributed by atoms with van der Waals surface area (Å²) in [6.45, 7) is 0.343. The van der Waals surface area contributed by atoms with Crippen LogP contribution in [-0.2, 0) is 14.3 Å². The summed E-state index contributed by atoms with van der Waals surface area (Å²) in [6, 6.07) is 0. The molecule has 0 bridgehead atoms. The number of nitrogens with zero attached hydrogens (tertiary/aromatic N) is 1. The summed E-state index contributed by atoms with van der Waals surface area (Å²) in [5.41, 5.74) is 0.542. The Morgan fingerprint density at radius 2 is 2.36 bits per heavy atom. The van der Waals surface area contributed by atoms with E-state index in [2.05, 4.69) is 0 Å². The molecule has 0 aromatic carbocycles. The molecule has 0 spiro atoms. The van der Waals surface area contributed by atoms with Crippen LogP contribution in [0.4, 0.5) is 0 Å². The molecule has 1 aliphatic rings. The van der Waals surface area contributed by atoms with E-state index < -0.39 is 5.97 Å². The maximum Gasteiger partial charge on any atom is 0.323 e. The van der Waals surface area contributed by atoms with Crippen molar-refractivity contribution in [3.8, 4) is 0 Å². The smallest absolute Gasteiger partial charge is 0.323 e. The molecule has 1 amide bonds. The molecule has 0 aromatic heterocycles. The number of ether oxygens (including phenoxy) is 1. The lowest BCUT2D eigenvalue weighted by Gasteiger charge is -2.19. The molecule has 0 atom stereocenters. The highest BCUT2D eigenvalue weighted by Gasteiger charge is 2.18. The lowest BCUT2D eigenvalue weighted by molar-refractivity contribution is -0.142. The Hall–Kier alpha value is -1.52. The summed E-state index contributed by atoms with van der Waals surface area (Å²) < 4.78 is 5.00. The second-order valence-electron chi connectivity index (χ2n) is 3.17. The highest BCUT2D eigenvalue weighted by Crippen LogP contribution is 2.13. The van der Waals surface area contributed by atoms with Gasteiger partial charge >= 0.3 is 5.97 Å². The van der Waals surface area contributed by atoms with Gasteiger partial charge in [-0.1, -0.05) is 0 Å². The molecule has 1 N–H and O–H groups in total. The summed E-state index contributed by atoms with van der Waals surface area (Å²) in [6.07, 6.45) is 2.88. The van der Waals surface area contributed by atoms with Crippen LogP contribution in [-0.4, -0.2) is 42.1 Å².